The summed E-state index contributed by atoms with van der Waals surface area (Å²) in [5.41, 5.74) is 6.72. The number of para-hydroxylation sites is 1. The standard InChI is InChI=1S/C34H31N2P/c1-27-16-15-17-28(2)34(27)35-33(29-18-7-3-8-19-29)26-37(31-22-11-5-12-23-31,32-24-13-6-14-25-32)36-30-20-9-4-10-21-30/h3-26,35H,1-2H3/b33-26-. The molecule has 0 atom stereocenters. The van der Waals surface area contributed by atoms with Gasteiger partial charge in [-0.15, -0.1) is 0 Å². The molecule has 0 radical (unpaired) electrons. The van der Waals surface area contributed by atoms with Crippen molar-refractivity contribution in [2.45, 2.75) is 13.8 Å². The van der Waals surface area contributed by atoms with Gasteiger partial charge in [-0.25, -0.2) is 0 Å². The SMILES string of the molecule is Cc1cccc(C)c1N/C(=C\P(=Nc1ccccc1)(c1ccccc1)c1ccccc1)c1ccccc1. The third kappa shape index (κ3) is 5.50. The van der Waals surface area contributed by atoms with Crippen LogP contribution < -0.4 is 15.9 Å². The van der Waals surface area contributed by atoms with Crippen molar-refractivity contribution < 1.29 is 0 Å². The minimum atomic E-state index is -2.41. The van der Waals surface area contributed by atoms with E-state index in [4.69, 9.17) is 4.74 Å². The van der Waals surface area contributed by atoms with Crippen molar-refractivity contribution in [1.82, 2.24) is 0 Å². The normalized spacial score (nSPS) is 11.7. The number of aryl methyl sites for hydroxylation is 2. The fourth-order valence-corrected chi connectivity index (χ4v) is 7.78. The number of anilines is 1. The minimum absolute atomic E-state index is 0.972. The summed E-state index contributed by atoms with van der Waals surface area (Å²) in [6.45, 7) is 4.31. The largest absolute Gasteiger partial charge is 0.355 e. The Morgan fingerprint density at radius 1 is 0.568 bits per heavy atom. The van der Waals surface area contributed by atoms with Gasteiger partial charge in [-0.1, -0.05) is 127 Å². The molecule has 182 valence electrons. The Kier molecular flexibility index (Phi) is 7.49. The highest BCUT2D eigenvalue weighted by Gasteiger charge is 2.24. The zero-order valence-corrected chi connectivity index (χ0v) is 22.1. The van der Waals surface area contributed by atoms with E-state index in [2.05, 4.69) is 158 Å². The van der Waals surface area contributed by atoms with Crippen LogP contribution in [0.4, 0.5) is 11.4 Å². The molecule has 3 heteroatoms. The van der Waals surface area contributed by atoms with Gasteiger partial charge in [0.15, 0.2) is 0 Å². The van der Waals surface area contributed by atoms with Crippen LogP contribution >= 0.6 is 7.05 Å². The molecular formula is C34H31N2P. The van der Waals surface area contributed by atoms with E-state index in [1.807, 2.05) is 6.07 Å². The molecule has 0 spiro atoms. The summed E-state index contributed by atoms with van der Waals surface area (Å²) in [7, 11) is -2.41. The van der Waals surface area contributed by atoms with E-state index in [9.17, 15) is 0 Å². The molecule has 0 bridgehead atoms. The van der Waals surface area contributed by atoms with Crippen molar-refractivity contribution in [3.8, 4) is 0 Å². The molecule has 0 amide bonds. The molecule has 5 rings (SSSR count). The minimum Gasteiger partial charge on any atom is -0.355 e. The summed E-state index contributed by atoms with van der Waals surface area (Å²) in [5.74, 6) is 2.39. The lowest BCUT2D eigenvalue weighted by Gasteiger charge is -2.26. The Morgan fingerprint density at radius 2 is 1.03 bits per heavy atom. The summed E-state index contributed by atoms with van der Waals surface area (Å²) in [6.07, 6.45) is 0. The van der Waals surface area contributed by atoms with Crippen LogP contribution in [0.1, 0.15) is 16.7 Å². The molecule has 37 heavy (non-hydrogen) atoms. The second-order valence-electron chi connectivity index (χ2n) is 9.09. The van der Waals surface area contributed by atoms with Crippen LogP contribution in [-0.4, -0.2) is 0 Å². The van der Waals surface area contributed by atoms with E-state index in [1.54, 1.807) is 0 Å². The monoisotopic (exact) mass is 498 g/mol. The van der Waals surface area contributed by atoms with Crippen molar-refractivity contribution in [3.63, 3.8) is 0 Å². The lowest BCUT2D eigenvalue weighted by atomic mass is 10.1. The predicted octanol–water partition coefficient (Wildman–Crippen LogP) is 8.90. The Labute approximate surface area is 220 Å². The molecule has 0 unspecified atom stereocenters. The van der Waals surface area contributed by atoms with Gasteiger partial charge >= 0.3 is 0 Å². The van der Waals surface area contributed by atoms with Crippen molar-refractivity contribution in [2.75, 3.05) is 5.32 Å². The summed E-state index contributed by atoms with van der Waals surface area (Å²) in [4.78, 5) is 0. The first kappa shape index (κ1) is 24.6. The van der Waals surface area contributed by atoms with Crippen LogP contribution in [0.3, 0.4) is 0 Å². The highest BCUT2D eigenvalue weighted by molar-refractivity contribution is 7.83. The van der Waals surface area contributed by atoms with Gasteiger partial charge in [-0.05, 0) is 48.5 Å². The Hall–Kier alpha value is -4.13. The van der Waals surface area contributed by atoms with E-state index in [0.29, 0.717) is 0 Å². The molecule has 1 N–H and O–H groups in total. The van der Waals surface area contributed by atoms with Crippen molar-refractivity contribution in [1.29, 1.82) is 0 Å². The zero-order valence-electron chi connectivity index (χ0n) is 21.3. The van der Waals surface area contributed by atoms with Crippen molar-refractivity contribution in [2.24, 2.45) is 4.74 Å². The summed E-state index contributed by atoms with van der Waals surface area (Å²) in [5, 5.41) is 6.26. The predicted molar refractivity (Wildman–Crippen MR) is 162 cm³/mol. The Morgan fingerprint density at radius 3 is 1.54 bits per heavy atom. The first-order valence-corrected chi connectivity index (χ1v) is 14.4. The molecule has 0 saturated heterocycles. The maximum absolute atomic E-state index is 5.58. The second-order valence-corrected chi connectivity index (χ2v) is 12.0. The quantitative estimate of drug-likeness (QED) is 0.223. The van der Waals surface area contributed by atoms with Crippen molar-refractivity contribution >= 4 is 34.7 Å². The van der Waals surface area contributed by atoms with Gasteiger partial charge in [0.1, 0.15) is 0 Å². The van der Waals surface area contributed by atoms with E-state index in [-0.39, 0.29) is 0 Å². The smallest absolute Gasteiger partial charge is 0.0625 e. The number of nitrogens with one attached hydrogen (secondary N) is 1. The van der Waals surface area contributed by atoms with Crippen LogP contribution in [0.25, 0.3) is 5.70 Å². The fourth-order valence-electron chi connectivity index (χ4n) is 4.56. The third-order valence-electron chi connectivity index (χ3n) is 6.47. The maximum atomic E-state index is 5.58. The second kappa shape index (κ2) is 11.3. The van der Waals surface area contributed by atoms with Gasteiger partial charge in [-0.3, -0.25) is 4.74 Å². The Balaban J connectivity index is 1.86. The highest BCUT2D eigenvalue weighted by atomic mass is 31.2. The van der Waals surface area contributed by atoms with Gasteiger partial charge in [0.2, 0.25) is 0 Å². The van der Waals surface area contributed by atoms with Gasteiger partial charge in [0, 0.05) is 22.0 Å². The van der Waals surface area contributed by atoms with Crippen LogP contribution in [-0.2, 0) is 0 Å². The molecule has 0 fully saturated rings. The first-order chi connectivity index (χ1) is 18.2. The van der Waals surface area contributed by atoms with Crippen LogP contribution in [0.2, 0.25) is 0 Å². The van der Waals surface area contributed by atoms with Crippen molar-refractivity contribution in [3.05, 3.63) is 162 Å². The summed E-state index contributed by atoms with van der Waals surface area (Å²) < 4.78 is 5.58. The average Bonchev–Trinajstić information content (AvgIpc) is 2.96. The molecule has 5 aromatic rings. The van der Waals surface area contributed by atoms with Gasteiger partial charge in [-0.2, -0.15) is 0 Å². The molecule has 2 nitrogen and oxygen atoms in total. The molecule has 5 aromatic carbocycles. The Bertz CT molecular complexity index is 1480. The number of hydrogen-bond acceptors (Lipinski definition) is 2. The molecule has 0 heterocycles. The highest BCUT2D eigenvalue weighted by Crippen LogP contribution is 2.53. The van der Waals surface area contributed by atoms with Crippen LogP contribution in [0, 0.1) is 13.8 Å². The van der Waals surface area contributed by atoms with E-state index in [1.165, 1.54) is 21.7 Å². The molecular weight excluding hydrogens is 467 g/mol. The number of rotatable bonds is 7. The lowest BCUT2D eigenvalue weighted by molar-refractivity contribution is 1.36. The fraction of sp³-hybridized carbons (Fsp3) is 0.0588. The first-order valence-electron chi connectivity index (χ1n) is 12.6. The molecule has 0 aliphatic heterocycles. The van der Waals surface area contributed by atoms with Gasteiger partial charge in [0.25, 0.3) is 0 Å². The lowest BCUT2D eigenvalue weighted by Crippen LogP contribution is -2.16. The molecule has 0 saturated carbocycles. The number of benzene rings is 5. The summed E-state index contributed by atoms with van der Waals surface area (Å²) in [6, 6.07) is 48.8. The van der Waals surface area contributed by atoms with Gasteiger partial charge < -0.3 is 5.32 Å². The van der Waals surface area contributed by atoms with E-state index >= 15 is 0 Å². The van der Waals surface area contributed by atoms with E-state index < -0.39 is 7.05 Å². The van der Waals surface area contributed by atoms with Gasteiger partial charge in [0.05, 0.1) is 12.7 Å². The topological polar surface area (TPSA) is 24.4 Å². The number of hydrogen-bond donors (Lipinski definition) is 1. The molecule has 0 aliphatic carbocycles. The number of nitrogens with zero attached hydrogens (tertiary/aromatic N) is 1. The molecule has 0 aromatic heterocycles. The van der Waals surface area contributed by atoms with Crippen LogP contribution in [0.5, 0.6) is 0 Å². The molecule has 0 aliphatic rings. The third-order valence-corrected chi connectivity index (χ3v) is 9.82. The maximum Gasteiger partial charge on any atom is 0.0625 e. The zero-order chi connectivity index (χ0) is 25.5. The van der Waals surface area contributed by atoms with Crippen LogP contribution in [0.15, 0.2) is 150 Å². The van der Waals surface area contributed by atoms with E-state index in [0.717, 1.165) is 22.6 Å². The summed E-state index contributed by atoms with van der Waals surface area (Å²) >= 11 is 0. The average molecular weight is 499 g/mol.